The van der Waals surface area contributed by atoms with Crippen molar-refractivity contribution in [2.75, 3.05) is 0 Å². The van der Waals surface area contributed by atoms with Gasteiger partial charge in [0.2, 0.25) is 0 Å². The standard InChI is InChI=1S/C15H15N/c16-12-15-10-8-14(9-11-15)7-6-13-4-2-1-3-5-13/h1-11H,12,16H2/p+1/b7-6+. The second-order valence-corrected chi connectivity index (χ2v) is 3.74. The van der Waals surface area contributed by atoms with Gasteiger partial charge < -0.3 is 5.73 Å². The second kappa shape index (κ2) is 5.29. The van der Waals surface area contributed by atoms with Crippen LogP contribution in [-0.4, -0.2) is 0 Å². The van der Waals surface area contributed by atoms with Crippen molar-refractivity contribution in [3.8, 4) is 0 Å². The third-order valence-electron chi connectivity index (χ3n) is 2.54. The molecule has 2 aromatic carbocycles. The summed E-state index contributed by atoms with van der Waals surface area (Å²) in [5, 5.41) is 0. The predicted octanol–water partition coefficient (Wildman–Crippen LogP) is 2.60. The lowest BCUT2D eigenvalue weighted by molar-refractivity contribution is -0.386. The molecule has 1 heteroatoms. The van der Waals surface area contributed by atoms with E-state index in [-0.39, 0.29) is 0 Å². The summed E-state index contributed by atoms with van der Waals surface area (Å²) in [6.45, 7) is 0.850. The first-order valence-electron chi connectivity index (χ1n) is 5.50. The molecule has 80 valence electrons. The van der Waals surface area contributed by atoms with Crippen LogP contribution in [0.1, 0.15) is 16.7 Å². The summed E-state index contributed by atoms with van der Waals surface area (Å²) in [4.78, 5) is 0. The Kier molecular flexibility index (Phi) is 3.52. The molecule has 2 aromatic rings. The first-order chi connectivity index (χ1) is 7.88. The van der Waals surface area contributed by atoms with Gasteiger partial charge in [0.15, 0.2) is 0 Å². The van der Waals surface area contributed by atoms with Gasteiger partial charge in [0.05, 0.1) is 6.54 Å². The van der Waals surface area contributed by atoms with E-state index in [1.54, 1.807) is 0 Å². The molecule has 0 aliphatic carbocycles. The van der Waals surface area contributed by atoms with Crippen LogP contribution in [0.3, 0.4) is 0 Å². The van der Waals surface area contributed by atoms with Gasteiger partial charge in [0.25, 0.3) is 0 Å². The SMILES string of the molecule is [NH3+]Cc1ccc(/C=C/c2ccccc2)cc1. The highest BCUT2D eigenvalue weighted by molar-refractivity contribution is 5.69. The van der Waals surface area contributed by atoms with Gasteiger partial charge >= 0.3 is 0 Å². The summed E-state index contributed by atoms with van der Waals surface area (Å²) < 4.78 is 0. The molecule has 0 heterocycles. The van der Waals surface area contributed by atoms with Crippen LogP contribution < -0.4 is 5.73 Å². The first kappa shape index (κ1) is 10.7. The molecule has 0 aromatic heterocycles. The van der Waals surface area contributed by atoms with Gasteiger partial charge in [0.1, 0.15) is 0 Å². The lowest BCUT2D eigenvalue weighted by atomic mass is 10.1. The molecule has 0 unspecified atom stereocenters. The van der Waals surface area contributed by atoms with Crippen LogP contribution in [-0.2, 0) is 6.54 Å². The molecule has 0 atom stereocenters. The van der Waals surface area contributed by atoms with Crippen molar-refractivity contribution in [1.29, 1.82) is 0 Å². The van der Waals surface area contributed by atoms with Crippen molar-refractivity contribution in [3.05, 3.63) is 71.3 Å². The molecule has 16 heavy (non-hydrogen) atoms. The van der Waals surface area contributed by atoms with E-state index in [1.165, 1.54) is 16.7 Å². The van der Waals surface area contributed by atoms with Crippen molar-refractivity contribution in [2.24, 2.45) is 0 Å². The molecule has 0 fully saturated rings. The van der Waals surface area contributed by atoms with Gasteiger partial charge in [0, 0.05) is 5.56 Å². The molecule has 0 bridgehead atoms. The molecular weight excluding hydrogens is 194 g/mol. The van der Waals surface area contributed by atoms with E-state index < -0.39 is 0 Å². The Labute approximate surface area is 96.2 Å². The van der Waals surface area contributed by atoms with Gasteiger partial charge in [-0.3, -0.25) is 0 Å². The van der Waals surface area contributed by atoms with Crippen molar-refractivity contribution < 1.29 is 5.73 Å². The van der Waals surface area contributed by atoms with E-state index in [0.29, 0.717) is 0 Å². The highest BCUT2D eigenvalue weighted by atomic mass is 14.5. The van der Waals surface area contributed by atoms with Gasteiger partial charge in [-0.15, -0.1) is 0 Å². The van der Waals surface area contributed by atoms with Crippen molar-refractivity contribution in [2.45, 2.75) is 6.54 Å². The topological polar surface area (TPSA) is 27.6 Å². The maximum atomic E-state index is 3.86. The zero-order valence-corrected chi connectivity index (χ0v) is 9.27. The highest BCUT2D eigenvalue weighted by Gasteiger charge is 1.90. The van der Waals surface area contributed by atoms with Crippen LogP contribution in [0.5, 0.6) is 0 Å². The summed E-state index contributed by atoms with van der Waals surface area (Å²) in [7, 11) is 0. The van der Waals surface area contributed by atoms with Gasteiger partial charge in [-0.25, -0.2) is 0 Å². The minimum Gasteiger partial charge on any atom is -0.354 e. The second-order valence-electron chi connectivity index (χ2n) is 3.74. The van der Waals surface area contributed by atoms with Gasteiger partial charge in [-0.1, -0.05) is 66.7 Å². The van der Waals surface area contributed by atoms with Crippen LogP contribution in [0.15, 0.2) is 54.6 Å². The average Bonchev–Trinajstić information content (AvgIpc) is 2.38. The molecule has 2 rings (SSSR count). The van der Waals surface area contributed by atoms with Gasteiger partial charge in [-0.2, -0.15) is 0 Å². The normalized spacial score (nSPS) is 10.8. The Balaban J connectivity index is 2.12. The van der Waals surface area contributed by atoms with E-state index in [4.69, 9.17) is 0 Å². The zero-order chi connectivity index (χ0) is 11.2. The lowest BCUT2D eigenvalue weighted by Gasteiger charge is -1.96. The molecule has 3 N–H and O–H groups in total. The van der Waals surface area contributed by atoms with Crippen LogP contribution in [0.2, 0.25) is 0 Å². The fourth-order valence-electron chi connectivity index (χ4n) is 1.55. The minimum absolute atomic E-state index is 0.850. The molecule has 1 nitrogen and oxygen atoms in total. The van der Waals surface area contributed by atoms with Crippen molar-refractivity contribution in [1.82, 2.24) is 0 Å². The van der Waals surface area contributed by atoms with Gasteiger partial charge in [-0.05, 0) is 11.1 Å². The number of benzene rings is 2. The smallest absolute Gasteiger partial charge is 0.0997 e. The quantitative estimate of drug-likeness (QED) is 0.754. The van der Waals surface area contributed by atoms with Crippen LogP contribution in [0, 0.1) is 0 Å². The molecule has 0 radical (unpaired) electrons. The number of hydrogen-bond acceptors (Lipinski definition) is 0. The molecule has 0 aliphatic heterocycles. The van der Waals surface area contributed by atoms with Crippen molar-refractivity contribution >= 4 is 12.2 Å². The Hall–Kier alpha value is -1.86. The van der Waals surface area contributed by atoms with E-state index in [0.717, 1.165) is 6.54 Å². The van der Waals surface area contributed by atoms with E-state index >= 15 is 0 Å². The predicted molar refractivity (Wildman–Crippen MR) is 68.4 cm³/mol. The zero-order valence-electron chi connectivity index (χ0n) is 9.27. The highest BCUT2D eigenvalue weighted by Crippen LogP contribution is 2.09. The van der Waals surface area contributed by atoms with Crippen LogP contribution >= 0.6 is 0 Å². The van der Waals surface area contributed by atoms with Crippen LogP contribution in [0.4, 0.5) is 0 Å². The number of rotatable bonds is 3. The Morgan fingerprint density at radius 3 is 1.88 bits per heavy atom. The molecule has 0 spiro atoms. The summed E-state index contributed by atoms with van der Waals surface area (Å²) in [5.41, 5.74) is 7.58. The molecular formula is C15H16N+. The molecule has 0 aliphatic rings. The summed E-state index contributed by atoms with van der Waals surface area (Å²) in [5.74, 6) is 0. The third-order valence-corrected chi connectivity index (χ3v) is 2.54. The van der Waals surface area contributed by atoms with Crippen molar-refractivity contribution in [3.63, 3.8) is 0 Å². The summed E-state index contributed by atoms with van der Waals surface area (Å²) in [6.07, 6.45) is 4.25. The van der Waals surface area contributed by atoms with Crippen LogP contribution in [0.25, 0.3) is 12.2 Å². The minimum atomic E-state index is 0.850. The molecule has 0 saturated carbocycles. The monoisotopic (exact) mass is 210 g/mol. The number of hydrogen-bond donors (Lipinski definition) is 1. The van der Waals surface area contributed by atoms with E-state index in [1.807, 2.05) is 18.2 Å². The Bertz CT molecular complexity index is 455. The Morgan fingerprint density at radius 2 is 1.31 bits per heavy atom. The summed E-state index contributed by atoms with van der Waals surface area (Å²) >= 11 is 0. The average molecular weight is 210 g/mol. The maximum absolute atomic E-state index is 3.86. The van der Waals surface area contributed by atoms with E-state index in [9.17, 15) is 0 Å². The summed E-state index contributed by atoms with van der Waals surface area (Å²) in [6, 6.07) is 18.8. The fraction of sp³-hybridized carbons (Fsp3) is 0.0667. The lowest BCUT2D eigenvalue weighted by Crippen LogP contribution is -2.47. The van der Waals surface area contributed by atoms with E-state index in [2.05, 4.69) is 54.3 Å². The first-order valence-corrected chi connectivity index (χ1v) is 5.50. The third kappa shape index (κ3) is 2.81. The molecule has 0 saturated heterocycles. The molecule has 0 amide bonds. The fourth-order valence-corrected chi connectivity index (χ4v) is 1.55. The number of quaternary nitrogens is 1. The largest absolute Gasteiger partial charge is 0.354 e. The Morgan fingerprint density at radius 1 is 0.750 bits per heavy atom. The maximum Gasteiger partial charge on any atom is 0.0997 e.